The molecule has 45 heavy (non-hydrogen) atoms. The van der Waals surface area contributed by atoms with E-state index in [9.17, 15) is 9.59 Å². The minimum Gasteiger partial charge on any atom is -0.446 e. The molecule has 4 unspecified atom stereocenters. The van der Waals surface area contributed by atoms with Crippen LogP contribution in [0.15, 0.2) is 11.6 Å². The molecule has 4 fully saturated rings. The minimum atomic E-state index is -0.454. The van der Waals surface area contributed by atoms with Gasteiger partial charge in [-0.15, -0.1) is 0 Å². The Balaban J connectivity index is 1.11. The number of likely N-dealkylation sites (tertiary alicyclic amines) is 1. The third kappa shape index (κ3) is 7.02. The monoisotopic (exact) mass is 627 g/mol. The first kappa shape index (κ1) is 34.8. The number of nitrogens with zero attached hydrogens (tertiary/aromatic N) is 1. The number of carbonyl (C=O) groups excluding carboxylic acids is 2. The van der Waals surface area contributed by atoms with E-state index in [2.05, 4.69) is 46.0 Å². The Kier molecular flexibility index (Phi) is 11.7. The standard InChI is InChI=1S/C39H66N2O4/c1-7-10-11-12-13-14-15-28-17-19-32-31-18-16-29-24-30(20-22-39(29,5)33(31)21-23-38(28,32)4)45-37(43)40-25-35(42)41-26-27(8-2)36(44-6)34(41)9-3/h16,27-28,30-34,36H,7-15,17-26H2,1-6H3,(H,40,43)/t27-,28-,30?,31?,32?,33?,34-,36-,38+,39-/m0/s1. The van der Waals surface area contributed by atoms with Crippen LogP contribution in [0.3, 0.4) is 0 Å². The van der Waals surface area contributed by atoms with Gasteiger partial charge < -0.3 is 19.7 Å². The highest BCUT2D eigenvalue weighted by Gasteiger charge is 2.58. The van der Waals surface area contributed by atoms with Crippen molar-refractivity contribution in [2.45, 2.75) is 162 Å². The van der Waals surface area contributed by atoms with Gasteiger partial charge in [-0.1, -0.05) is 84.8 Å². The fourth-order valence-corrected chi connectivity index (χ4v) is 11.4. The Labute approximate surface area is 275 Å². The molecule has 6 heteroatoms. The topological polar surface area (TPSA) is 67.9 Å². The third-order valence-corrected chi connectivity index (χ3v) is 14.0. The normalized spacial score (nSPS) is 39.1. The third-order valence-electron chi connectivity index (χ3n) is 14.0. The number of alkyl carbamates (subject to hydrolysis) is 1. The van der Waals surface area contributed by atoms with E-state index in [4.69, 9.17) is 9.47 Å². The minimum absolute atomic E-state index is 0.0148. The van der Waals surface area contributed by atoms with Crippen molar-refractivity contribution in [2.24, 2.45) is 40.4 Å². The first-order chi connectivity index (χ1) is 21.7. The van der Waals surface area contributed by atoms with Gasteiger partial charge in [0.2, 0.25) is 5.91 Å². The molecule has 1 saturated heterocycles. The average molecular weight is 627 g/mol. The van der Waals surface area contributed by atoms with Crippen LogP contribution in [0.4, 0.5) is 4.79 Å². The SMILES string of the molecule is CCCCCCCC[C@H]1CCC2C3CC=C4CC(OC(=O)NCC(=O)N5C[C@H](CC)[C@H](OC)[C@@H]5CC)CC[C@]4(C)C3CC[C@@]21C. The van der Waals surface area contributed by atoms with Crippen LogP contribution in [0.25, 0.3) is 0 Å². The van der Waals surface area contributed by atoms with Crippen LogP contribution in [0.1, 0.15) is 144 Å². The average Bonchev–Trinajstić information content (AvgIpc) is 3.58. The molecule has 10 atom stereocenters. The van der Waals surface area contributed by atoms with Gasteiger partial charge in [-0.3, -0.25) is 4.79 Å². The maximum atomic E-state index is 13.1. The molecule has 1 N–H and O–H groups in total. The fourth-order valence-electron chi connectivity index (χ4n) is 11.4. The lowest BCUT2D eigenvalue weighted by atomic mass is 9.47. The summed E-state index contributed by atoms with van der Waals surface area (Å²) in [6, 6.07) is 0.0662. The number of hydrogen-bond acceptors (Lipinski definition) is 4. The number of allylic oxidation sites excluding steroid dienone is 1. The molecule has 0 aromatic rings. The summed E-state index contributed by atoms with van der Waals surface area (Å²) in [6.45, 7) is 12.4. The lowest BCUT2D eigenvalue weighted by Gasteiger charge is -2.58. The zero-order valence-corrected chi connectivity index (χ0v) is 29.7. The molecule has 1 aliphatic heterocycles. The first-order valence-corrected chi connectivity index (χ1v) is 19.2. The molecule has 3 saturated carbocycles. The molecule has 2 amide bonds. The van der Waals surface area contributed by atoms with Crippen LogP contribution < -0.4 is 5.32 Å². The second-order valence-corrected chi connectivity index (χ2v) is 16.1. The van der Waals surface area contributed by atoms with Gasteiger partial charge in [0.25, 0.3) is 0 Å². The zero-order chi connectivity index (χ0) is 32.2. The molecule has 1 heterocycles. The van der Waals surface area contributed by atoms with Crippen molar-refractivity contribution in [2.75, 3.05) is 20.2 Å². The highest BCUT2D eigenvalue weighted by Crippen LogP contribution is 2.66. The highest BCUT2D eigenvalue weighted by molar-refractivity contribution is 5.83. The summed E-state index contributed by atoms with van der Waals surface area (Å²) in [5.41, 5.74) is 2.32. The maximum absolute atomic E-state index is 13.1. The van der Waals surface area contributed by atoms with Crippen LogP contribution in [-0.2, 0) is 14.3 Å². The number of carbonyl (C=O) groups is 2. The summed E-state index contributed by atoms with van der Waals surface area (Å²) >= 11 is 0. The van der Waals surface area contributed by atoms with Crippen LogP contribution >= 0.6 is 0 Å². The number of nitrogens with one attached hydrogen (secondary N) is 1. The van der Waals surface area contributed by atoms with Crippen LogP contribution in [0.5, 0.6) is 0 Å². The van der Waals surface area contributed by atoms with Crippen molar-refractivity contribution in [3.63, 3.8) is 0 Å². The van der Waals surface area contributed by atoms with Gasteiger partial charge in [0.05, 0.1) is 12.1 Å². The Bertz CT molecular complexity index is 1040. The number of ether oxygens (including phenoxy) is 2. The number of rotatable bonds is 13. The van der Waals surface area contributed by atoms with Gasteiger partial charge in [-0.05, 0) is 98.7 Å². The molecule has 0 aromatic heterocycles. The summed E-state index contributed by atoms with van der Waals surface area (Å²) in [4.78, 5) is 27.9. The molecule has 6 nitrogen and oxygen atoms in total. The van der Waals surface area contributed by atoms with E-state index >= 15 is 0 Å². The Morgan fingerprint density at radius 2 is 1.73 bits per heavy atom. The molecule has 0 aromatic carbocycles. The fraction of sp³-hybridized carbons (Fsp3) is 0.897. The van der Waals surface area contributed by atoms with Gasteiger partial charge in [-0.2, -0.15) is 0 Å². The second kappa shape index (κ2) is 15.1. The summed E-state index contributed by atoms with van der Waals surface area (Å²) < 4.78 is 11.7. The smallest absolute Gasteiger partial charge is 0.407 e. The Morgan fingerprint density at radius 1 is 0.956 bits per heavy atom. The Morgan fingerprint density at radius 3 is 2.47 bits per heavy atom. The number of unbranched alkanes of at least 4 members (excludes halogenated alkanes) is 5. The predicted octanol–water partition coefficient (Wildman–Crippen LogP) is 9.07. The molecule has 0 bridgehead atoms. The van der Waals surface area contributed by atoms with Crippen molar-refractivity contribution in [3.8, 4) is 0 Å². The van der Waals surface area contributed by atoms with Crippen molar-refractivity contribution >= 4 is 12.0 Å². The lowest BCUT2D eigenvalue weighted by Crippen LogP contribution is -2.50. The van der Waals surface area contributed by atoms with E-state index in [0.717, 1.165) is 55.8 Å². The Hall–Kier alpha value is -1.56. The van der Waals surface area contributed by atoms with Gasteiger partial charge in [-0.25, -0.2) is 4.79 Å². The molecular formula is C39H66N2O4. The molecule has 256 valence electrons. The first-order valence-electron chi connectivity index (χ1n) is 19.2. The van der Waals surface area contributed by atoms with Crippen molar-refractivity contribution in [3.05, 3.63) is 11.6 Å². The molecular weight excluding hydrogens is 560 g/mol. The molecule has 0 spiro atoms. The number of methoxy groups -OCH3 is 1. The molecule has 0 radical (unpaired) electrons. The van der Waals surface area contributed by atoms with E-state index in [0.29, 0.717) is 17.9 Å². The van der Waals surface area contributed by atoms with E-state index in [1.54, 1.807) is 7.11 Å². The number of fused-ring (bicyclic) bond motifs is 5. The summed E-state index contributed by atoms with van der Waals surface area (Å²) in [5, 5.41) is 2.79. The van der Waals surface area contributed by atoms with Crippen LogP contribution in [0.2, 0.25) is 0 Å². The van der Waals surface area contributed by atoms with E-state index in [-0.39, 0.29) is 36.1 Å². The summed E-state index contributed by atoms with van der Waals surface area (Å²) in [5.74, 6) is 3.69. The lowest BCUT2D eigenvalue weighted by molar-refractivity contribution is -0.132. The molecule has 5 aliphatic rings. The van der Waals surface area contributed by atoms with E-state index < -0.39 is 6.09 Å². The largest absolute Gasteiger partial charge is 0.446 e. The van der Waals surface area contributed by atoms with E-state index in [1.165, 1.54) is 82.6 Å². The van der Waals surface area contributed by atoms with Crippen LogP contribution in [0, 0.1) is 40.4 Å². The molecule has 5 rings (SSSR count). The van der Waals surface area contributed by atoms with Crippen molar-refractivity contribution in [1.82, 2.24) is 10.2 Å². The van der Waals surface area contributed by atoms with E-state index in [1.807, 2.05) is 4.90 Å². The van der Waals surface area contributed by atoms with Gasteiger partial charge >= 0.3 is 6.09 Å². The number of amides is 2. The van der Waals surface area contributed by atoms with Crippen LogP contribution in [-0.4, -0.2) is 55.3 Å². The second-order valence-electron chi connectivity index (χ2n) is 16.1. The van der Waals surface area contributed by atoms with Crippen molar-refractivity contribution < 1.29 is 19.1 Å². The van der Waals surface area contributed by atoms with Crippen molar-refractivity contribution in [1.29, 1.82) is 0 Å². The maximum Gasteiger partial charge on any atom is 0.407 e. The quantitative estimate of drug-likeness (QED) is 0.164. The molecule has 4 aliphatic carbocycles. The summed E-state index contributed by atoms with van der Waals surface area (Å²) in [7, 11) is 1.74. The van der Waals surface area contributed by atoms with Gasteiger partial charge in [0.1, 0.15) is 12.6 Å². The predicted molar refractivity (Wildman–Crippen MR) is 182 cm³/mol. The number of hydrogen-bond donors (Lipinski definition) is 1. The highest BCUT2D eigenvalue weighted by atomic mass is 16.6. The summed E-state index contributed by atoms with van der Waals surface area (Å²) in [6.07, 6.45) is 23.5. The van der Waals surface area contributed by atoms with Gasteiger partial charge in [0, 0.05) is 26.0 Å². The zero-order valence-electron chi connectivity index (χ0n) is 29.7. The van der Waals surface area contributed by atoms with Gasteiger partial charge in [0.15, 0.2) is 0 Å².